The van der Waals surface area contributed by atoms with Crippen LogP contribution in [0.1, 0.15) is 18.1 Å². The molecule has 0 spiro atoms. The number of hydrogen-bond donors (Lipinski definition) is 0. The van der Waals surface area contributed by atoms with Gasteiger partial charge in [-0.15, -0.1) is 0 Å². The van der Waals surface area contributed by atoms with Gasteiger partial charge in [-0.2, -0.15) is 13.2 Å². The highest BCUT2D eigenvalue weighted by Crippen LogP contribution is 2.34. The third-order valence-electron chi connectivity index (χ3n) is 3.35. The SMILES string of the molecule is CCc1ccc(Oc2cc(C(F)(F)F)cc3nccn23)cc1. The molecule has 0 N–H and O–H groups in total. The van der Waals surface area contributed by atoms with Gasteiger partial charge in [0, 0.05) is 18.5 Å². The first-order chi connectivity index (χ1) is 10.5. The van der Waals surface area contributed by atoms with E-state index in [4.69, 9.17) is 4.74 Å². The molecule has 0 saturated carbocycles. The van der Waals surface area contributed by atoms with Crippen molar-refractivity contribution in [1.29, 1.82) is 0 Å². The lowest BCUT2D eigenvalue weighted by atomic mass is 10.2. The number of hydrogen-bond acceptors (Lipinski definition) is 2. The maximum atomic E-state index is 12.9. The van der Waals surface area contributed by atoms with Crippen molar-refractivity contribution in [3.8, 4) is 11.6 Å². The Morgan fingerprint density at radius 2 is 1.86 bits per heavy atom. The molecule has 0 fully saturated rings. The number of aromatic nitrogens is 2. The molecule has 1 aromatic carbocycles. The highest BCUT2D eigenvalue weighted by atomic mass is 19.4. The molecule has 22 heavy (non-hydrogen) atoms. The molecule has 0 saturated heterocycles. The minimum absolute atomic E-state index is 0.0755. The zero-order valence-corrected chi connectivity index (χ0v) is 11.8. The number of aryl methyl sites for hydroxylation is 1. The van der Waals surface area contributed by atoms with Crippen LogP contribution < -0.4 is 4.74 Å². The van der Waals surface area contributed by atoms with Gasteiger partial charge in [0.25, 0.3) is 0 Å². The monoisotopic (exact) mass is 306 g/mol. The number of rotatable bonds is 3. The van der Waals surface area contributed by atoms with Crippen LogP contribution in [0.25, 0.3) is 5.65 Å². The zero-order chi connectivity index (χ0) is 15.7. The maximum absolute atomic E-state index is 12.9. The largest absolute Gasteiger partial charge is 0.440 e. The van der Waals surface area contributed by atoms with Gasteiger partial charge in [0.2, 0.25) is 5.88 Å². The second-order valence-electron chi connectivity index (χ2n) is 4.84. The summed E-state index contributed by atoms with van der Waals surface area (Å²) >= 11 is 0. The number of benzene rings is 1. The molecule has 0 bridgehead atoms. The Kier molecular flexibility index (Phi) is 3.52. The smallest absolute Gasteiger partial charge is 0.416 e. The van der Waals surface area contributed by atoms with E-state index in [0.717, 1.165) is 24.1 Å². The predicted octanol–water partition coefficient (Wildman–Crippen LogP) is 4.71. The van der Waals surface area contributed by atoms with E-state index in [9.17, 15) is 13.2 Å². The topological polar surface area (TPSA) is 26.5 Å². The van der Waals surface area contributed by atoms with Crippen LogP contribution in [-0.2, 0) is 12.6 Å². The molecule has 0 unspecified atom stereocenters. The van der Waals surface area contributed by atoms with Crippen LogP contribution in [-0.4, -0.2) is 9.38 Å². The van der Waals surface area contributed by atoms with Gasteiger partial charge < -0.3 is 4.74 Å². The molecule has 0 aliphatic carbocycles. The Morgan fingerprint density at radius 3 is 2.50 bits per heavy atom. The fourth-order valence-corrected chi connectivity index (χ4v) is 2.15. The molecule has 0 radical (unpaired) electrons. The van der Waals surface area contributed by atoms with Gasteiger partial charge in [0.15, 0.2) is 0 Å². The lowest BCUT2D eigenvalue weighted by Gasteiger charge is -2.12. The Balaban J connectivity index is 2.02. The Morgan fingerprint density at radius 1 is 1.14 bits per heavy atom. The van der Waals surface area contributed by atoms with Crippen LogP contribution in [0.4, 0.5) is 13.2 Å². The summed E-state index contributed by atoms with van der Waals surface area (Å²) in [4.78, 5) is 3.91. The fraction of sp³-hybridized carbons (Fsp3) is 0.188. The van der Waals surface area contributed by atoms with E-state index >= 15 is 0 Å². The average molecular weight is 306 g/mol. The second-order valence-corrected chi connectivity index (χ2v) is 4.84. The summed E-state index contributed by atoms with van der Waals surface area (Å²) in [7, 11) is 0. The first-order valence-electron chi connectivity index (χ1n) is 6.78. The summed E-state index contributed by atoms with van der Waals surface area (Å²) in [5, 5.41) is 0. The molecule has 0 atom stereocenters. The van der Waals surface area contributed by atoms with Crippen molar-refractivity contribution in [2.75, 3.05) is 0 Å². The first kappa shape index (κ1) is 14.4. The second kappa shape index (κ2) is 5.36. The molecule has 3 rings (SSSR count). The van der Waals surface area contributed by atoms with Crippen LogP contribution in [0.5, 0.6) is 11.6 Å². The van der Waals surface area contributed by atoms with Crippen molar-refractivity contribution in [2.45, 2.75) is 19.5 Å². The lowest BCUT2D eigenvalue weighted by molar-refractivity contribution is -0.137. The number of pyridine rings is 1. The van der Waals surface area contributed by atoms with E-state index in [1.54, 1.807) is 18.3 Å². The van der Waals surface area contributed by atoms with Crippen molar-refractivity contribution in [3.05, 3.63) is 59.9 Å². The number of nitrogens with zero attached hydrogens (tertiary/aromatic N) is 2. The fourth-order valence-electron chi connectivity index (χ4n) is 2.15. The van der Waals surface area contributed by atoms with E-state index in [1.807, 2.05) is 19.1 Å². The van der Waals surface area contributed by atoms with E-state index in [0.29, 0.717) is 5.75 Å². The predicted molar refractivity (Wildman–Crippen MR) is 76.1 cm³/mol. The van der Waals surface area contributed by atoms with Gasteiger partial charge in [-0.05, 0) is 30.2 Å². The summed E-state index contributed by atoms with van der Waals surface area (Å²) in [6.45, 7) is 2.03. The average Bonchev–Trinajstić information content (AvgIpc) is 2.96. The number of halogens is 3. The zero-order valence-electron chi connectivity index (χ0n) is 11.8. The van der Waals surface area contributed by atoms with Crippen molar-refractivity contribution in [3.63, 3.8) is 0 Å². The van der Waals surface area contributed by atoms with Gasteiger partial charge in [0.1, 0.15) is 11.4 Å². The Bertz CT molecular complexity index is 791. The number of ether oxygens (including phenoxy) is 1. The van der Waals surface area contributed by atoms with Crippen molar-refractivity contribution in [1.82, 2.24) is 9.38 Å². The van der Waals surface area contributed by atoms with Gasteiger partial charge in [-0.1, -0.05) is 19.1 Å². The van der Waals surface area contributed by atoms with Crippen LogP contribution in [0, 0.1) is 0 Å². The maximum Gasteiger partial charge on any atom is 0.416 e. The minimum Gasteiger partial charge on any atom is -0.440 e. The highest BCUT2D eigenvalue weighted by molar-refractivity contribution is 5.47. The van der Waals surface area contributed by atoms with E-state index in [2.05, 4.69) is 4.98 Å². The van der Waals surface area contributed by atoms with Gasteiger partial charge in [-0.25, -0.2) is 4.98 Å². The van der Waals surface area contributed by atoms with Crippen molar-refractivity contribution in [2.24, 2.45) is 0 Å². The Hall–Kier alpha value is -2.50. The van der Waals surface area contributed by atoms with E-state index < -0.39 is 11.7 Å². The van der Waals surface area contributed by atoms with Crippen molar-refractivity contribution >= 4 is 5.65 Å². The molecular weight excluding hydrogens is 293 g/mol. The minimum atomic E-state index is -4.45. The highest BCUT2D eigenvalue weighted by Gasteiger charge is 2.32. The van der Waals surface area contributed by atoms with E-state index in [1.165, 1.54) is 10.6 Å². The summed E-state index contributed by atoms with van der Waals surface area (Å²) in [6, 6.07) is 9.21. The van der Waals surface area contributed by atoms with Crippen LogP contribution >= 0.6 is 0 Å². The van der Waals surface area contributed by atoms with Gasteiger partial charge >= 0.3 is 6.18 Å². The number of imidazole rings is 1. The third-order valence-corrected chi connectivity index (χ3v) is 3.35. The van der Waals surface area contributed by atoms with E-state index in [-0.39, 0.29) is 11.5 Å². The van der Waals surface area contributed by atoms with Crippen LogP contribution in [0.2, 0.25) is 0 Å². The quantitative estimate of drug-likeness (QED) is 0.700. The summed E-state index contributed by atoms with van der Waals surface area (Å²) in [6.07, 6.45) is -0.568. The Labute approximate surface area is 125 Å². The molecule has 0 aliphatic rings. The van der Waals surface area contributed by atoms with Crippen LogP contribution in [0.15, 0.2) is 48.8 Å². The van der Waals surface area contributed by atoms with Crippen molar-refractivity contribution < 1.29 is 17.9 Å². The summed E-state index contributed by atoms with van der Waals surface area (Å²) < 4.78 is 45.9. The first-order valence-corrected chi connectivity index (χ1v) is 6.78. The lowest BCUT2D eigenvalue weighted by Crippen LogP contribution is -2.07. The molecular formula is C16H13F3N2O. The van der Waals surface area contributed by atoms with Gasteiger partial charge in [0.05, 0.1) is 5.56 Å². The number of fused-ring (bicyclic) bond motifs is 1. The molecule has 114 valence electrons. The molecule has 2 aromatic heterocycles. The summed E-state index contributed by atoms with van der Waals surface area (Å²) in [5.74, 6) is 0.554. The third kappa shape index (κ3) is 2.77. The molecule has 6 heteroatoms. The molecule has 0 aliphatic heterocycles. The molecule has 3 aromatic rings. The number of alkyl halides is 3. The standard InChI is InChI=1S/C16H13F3N2O/c1-2-11-3-5-13(6-4-11)22-15-10-12(16(17,18)19)9-14-20-7-8-21(14)15/h3-10H,2H2,1H3. The van der Waals surface area contributed by atoms with Gasteiger partial charge in [-0.3, -0.25) is 4.40 Å². The van der Waals surface area contributed by atoms with Crippen LogP contribution in [0.3, 0.4) is 0 Å². The summed E-state index contributed by atoms with van der Waals surface area (Å²) in [5.41, 5.74) is 0.533. The molecule has 0 amide bonds. The molecule has 2 heterocycles. The molecule has 3 nitrogen and oxygen atoms in total. The normalized spacial score (nSPS) is 11.8.